The van der Waals surface area contributed by atoms with E-state index < -0.39 is 6.03 Å². The van der Waals surface area contributed by atoms with Gasteiger partial charge in [0.25, 0.3) is 0 Å². The van der Waals surface area contributed by atoms with Crippen molar-refractivity contribution < 1.29 is 14.3 Å². The number of piperazine rings is 1. The smallest absolute Gasteiger partial charge is 0.320 e. The highest BCUT2D eigenvalue weighted by Gasteiger charge is 2.30. The molecule has 3 heterocycles. The number of nitrogens with two attached hydrogens (primary N) is 1. The van der Waals surface area contributed by atoms with Gasteiger partial charge in [-0.15, -0.1) is 0 Å². The number of carbonyl (C=O) groups is 1. The number of urea groups is 1. The third kappa shape index (κ3) is 10.6. The fourth-order valence-corrected chi connectivity index (χ4v) is 7.38. The maximum absolute atomic E-state index is 13.7. The quantitative estimate of drug-likeness (QED) is 0.130. The summed E-state index contributed by atoms with van der Waals surface area (Å²) in [6.45, 7) is 14.6. The number of benzene rings is 2. The van der Waals surface area contributed by atoms with Gasteiger partial charge in [-0.25, -0.2) is 9.79 Å². The van der Waals surface area contributed by atoms with Crippen molar-refractivity contribution in [2.45, 2.75) is 78.0 Å². The summed E-state index contributed by atoms with van der Waals surface area (Å²) in [6, 6.07) is 18.7. The number of allylic oxidation sites excluding steroid dienone is 1. The standard InChI is InChI=1S/C43H60N10O3/c1-30-11-8-9-20-52(30)41(46)53-29-33(16-19-39(53)45)56-37-18-17-36(34-14-6-7-15-35(34)37)48-42(54)49-40(28-38(44)43(2,3)4)47-31-12-10-13-32(27-31)55-26-25-51-23-21-50(5)22-24-51/h6-7,10,12-16,19,27-30,36-37,45-46H,8-9,11,17-18,20-26,44H2,1-5H3,(H2,47,48,49,54)/t30-,36-,37+/m0/s1. The van der Waals surface area contributed by atoms with E-state index >= 15 is 0 Å². The van der Waals surface area contributed by atoms with Gasteiger partial charge in [-0.2, -0.15) is 0 Å². The van der Waals surface area contributed by atoms with Crippen molar-refractivity contribution in [2.75, 3.05) is 52.9 Å². The zero-order chi connectivity index (χ0) is 39.8. The van der Waals surface area contributed by atoms with Gasteiger partial charge in [-0.05, 0) is 81.5 Å². The number of aliphatic imine (C=N–C) groups is 1. The third-order valence-electron chi connectivity index (χ3n) is 11.0. The van der Waals surface area contributed by atoms with Gasteiger partial charge in [0.05, 0.1) is 17.9 Å². The third-order valence-corrected chi connectivity index (χ3v) is 11.0. The Labute approximate surface area is 331 Å². The molecule has 3 aliphatic rings. The van der Waals surface area contributed by atoms with Gasteiger partial charge < -0.3 is 30.3 Å². The molecule has 56 heavy (non-hydrogen) atoms. The van der Waals surface area contributed by atoms with Gasteiger partial charge in [0.15, 0.2) is 0 Å². The van der Waals surface area contributed by atoms with Crippen LogP contribution in [0.4, 0.5) is 10.5 Å². The number of hydrogen-bond acceptors (Lipinski definition) is 9. The second kappa shape index (κ2) is 18.2. The highest BCUT2D eigenvalue weighted by molar-refractivity contribution is 6.05. The number of rotatable bonds is 9. The van der Waals surface area contributed by atoms with Crippen LogP contribution in [-0.4, -0.2) is 96.1 Å². The van der Waals surface area contributed by atoms with Gasteiger partial charge in [-0.3, -0.25) is 25.6 Å². The summed E-state index contributed by atoms with van der Waals surface area (Å²) >= 11 is 0. The first-order chi connectivity index (χ1) is 26.8. The molecule has 2 aromatic carbocycles. The number of aromatic nitrogens is 1. The Kier molecular flexibility index (Phi) is 13.2. The molecule has 2 amide bonds. The molecule has 0 spiro atoms. The first kappa shape index (κ1) is 40.5. The molecule has 13 heteroatoms. The van der Waals surface area contributed by atoms with E-state index in [-0.39, 0.29) is 29.1 Å². The molecule has 6 rings (SSSR count). The van der Waals surface area contributed by atoms with E-state index in [0.717, 1.165) is 69.7 Å². The first-order valence-electron chi connectivity index (χ1n) is 20.0. The minimum atomic E-state index is -0.391. The van der Waals surface area contributed by atoms with Crippen LogP contribution in [0.15, 0.2) is 83.6 Å². The topological polar surface area (TPSA) is 160 Å². The number of carbonyl (C=O) groups excluding carboxylic acids is 1. The van der Waals surface area contributed by atoms with Gasteiger partial charge in [0.2, 0.25) is 5.96 Å². The van der Waals surface area contributed by atoms with E-state index in [1.807, 2.05) is 69.3 Å². The lowest BCUT2D eigenvalue weighted by Crippen LogP contribution is -2.47. The molecule has 0 bridgehead atoms. The molecule has 0 unspecified atom stereocenters. The zero-order valence-electron chi connectivity index (χ0n) is 33.7. The van der Waals surface area contributed by atoms with Gasteiger partial charge in [0, 0.05) is 68.6 Å². The number of ether oxygens (including phenoxy) is 2. The lowest BCUT2D eigenvalue weighted by molar-refractivity contribution is 0.134. The predicted octanol–water partition coefficient (Wildman–Crippen LogP) is 6.12. The molecule has 3 atom stereocenters. The molecule has 0 radical (unpaired) electrons. The monoisotopic (exact) mass is 764 g/mol. The zero-order valence-corrected chi connectivity index (χ0v) is 33.7. The van der Waals surface area contributed by atoms with E-state index in [9.17, 15) is 4.79 Å². The maximum atomic E-state index is 13.7. The van der Waals surface area contributed by atoms with Crippen LogP contribution in [0.25, 0.3) is 0 Å². The Bertz CT molecular complexity index is 1960. The van der Waals surface area contributed by atoms with E-state index in [1.54, 1.807) is 29.0 Å². The highest BCUT2D eigenvalue weighted by atomic mass is 16.5. The minimum absolute atomic E-state index is 0.235. The predicted molar refractivity (Wildman–Crippen MR) is 222 cm³/mol. The van der Waals surface area contributed by atoms with Crippen molar-refractivity contribution in [2.24, 2.45) is 16.1 Å². The lowest BCUT2D eigenvalue weighted by Gasteiger charge is -2.36. The first-order valence-corrected chi connectivity index (χ1v) is 20.0. The number of amides is 2. The summed E-state index contributed by atoms with van der Waals surface area (Å²) in [5.41, 5.74) is 9.58. The van der Waals surface area contributed by atoms with Crippen LogP contribution in [-0.2, 0) is 0 Å². The second-order valence-corrected chi connectivity index (χ2v) is 16.3. The SMILES string of the molecule is C[C@H]1CCCCN1C(=N)n1cc(O[C@@H]2CC[C@H](NC(=O)NC(C=C(N)C(C)(C)C)=Nc3cccc(OCCN4CCN(C)CC4)c3)c3ccccc32)ccc1=N. The summed E-state index contributed by atoms with van der Waals surface area (Å²) < 4.78 is 14.3. The highest BCUT2D eigenvalue weighted by Crippen LogP contribution is 2.38. The minimum Gasteiger partial charge on any atom is -0.492 e. The van der Waals surface area contributed by atoms with Gasteiger partial charge in [-0.1, -0.05) is 51.1 Å². The van der Waals surface area contributed by atoms with Crippen molar-refractivity contribution in [3.63, 3.8) is 0 Å². The Morgan fingerprint density at radius 3 is 2.48 bits per heavy atom. The molecule has 3 aromatic rings. The fraction of sp³-hybridized carbons (Fsp3) is 0.488. The van der Waals surface area contributed by atoms with Crippen LogP contribution in [0, 0.1) is 16.2 Å². The molecule has 300 valence electrons. The summed E-state index contributed by atoms with van der Waals surface area (Å²) in [5, 5.41) is 23.6. The van der Waals surface area contributed by atoms with Gasteiger partial charge >= 0.3 is 6.03 Å². The number of piperidine rings is 1. The number of likely N-dealkylation sites (tertiary alicyclic amines) is 1. The fourth-order valence-electron chi connectivity index (χ4n) is 7.38. The molecule has 1 aromatic heterocycles. The van der Waals surface area contributed by atoms with Crippen LogP contribution in [0.3, 0.4) is 0 Å². The number of nitrogens with zero attached hydrogens (tertiary/aromatic N) is 5. The van der Waals surface area contributed by atoms with Gasteiger partial charge in [0.1, 0.15) is 35.5 Å². The van der Waals surface area contributed by atoms with E-state index in [4.69, 9.17) is 31.0 Å². The maximum Gasteiger partial charge on any atom is 0.320 e. The van der Waals surface area contributed by atoms with E-state index in [1.165, 1.54) is 0 Å². The Morgan fingerprint density at radius 1 is 0.964 bits per heavy atom. The number of hydrogen-bond donors (Lipinski definition) is 5. The molecular weight excluding hydrogens is 705 g/mol. The van der Waals surface area contributed by atoms with Crippen LogP contribution in [0.1, 0.15) is 83.1 Å². The number of amidine groups is 1. The normalized spacial score (nSPS) is 21.2. The molecule has 2 fully saturated rings. The second-order valence-electron chi connectivity index (χ2n) is 16.3. The Hall–Kier alpha value is -5.14. The van der Waals surface area contributed by atoms with Crippen LogP contribution >= 0.6 is 0 Å². The molecule has 6 N–H and O–H groups in total. The summed E-state index contributed by atoms with van der Waals surface area (Å²) in [6.07, 6.45) is 7.75. The summed E-state index contributed by atoms with van der Waals surface area (Å²) in [5.74, 6) is 1.93. The Balaban J connectivity index is 1.13. The van der Waals surface area contributed by atoms with Crippen LogP contribution in [0.5, 0.6) is 11.5 Å². The van der Waals surface area contributed by atoms with E-state index in [2.05, 4.69) is 39.3 Å². The summed E-state index contributed by atoms with van der Waals surface area (Å²) in [4.78, 5) is 25.3. The largest absolute Gasteiger partial charge is 0.492 e. The van der Waals surface area contributed by atoms with Crippen molar-refractivity contribution in [3.05, 3.63) is 95.2 Å². The average Bonchev–Trinajstić information content (AvgIpc) is 3.17. The van der Waals surface area contributed by atoms with Crippen molar-refractivity contribution in [1.82, 2.24) is 29.9 Å². The summed E-state index contributed by atoms with van der Waals surface area (Å²) in [7, 11) is 2.15. The number of fused-ring (bicyclic) bond motifs is 1. The number of likely N-dealkylation sites (N-methyl/N-ethyl adjacent to an activating group) is 1. The lowest BCUT2D eigenvalue weighted by atomic mass is 9.85. The van der Waals surface area contributed by atoms with Crippen LogP contribution in [0.2, 0.25) is 0 Å². The molecule has 2 aliphatic heterocycles. The molecule has 13 nitrogen and oxygen atoms in total. The molecule has 0 saturated carbocycles. The molecular formula is C43H60N10O3. The van der Waals surface area contributed by atoms with Crippen molar-refractivity contribution in [1.29, 1.82) is 10.8 Å². The number of pyridine rings is 1. The average molecular weight is 765 g/mol. The number of nitrogens with one attached hydrogen (secondary N) is 4. The van der Waals surface area contributed by atoms with Crippen molar-refractivity contribution >= 4 is 23.5 Å². The Morgan fingerprint density at radius 2 is 1.73 bits per heavy atom. The van der Waals surface area contributed by atoms with E-state index in [0.29, 0.717) is 54.1 Å². The molecule has 2 saturated heterocycles. The van der Waals surface area contributed by atoms with Crippen molar-refractivity contribution in [3.8, 4) is 11.5 Å². The van der Waals surface area contributed by atoms with Crippen LogP contribution < -0.4 is 31.3 Å². The molecule has 1 aliphatic carbocycles.